The zero-order valence-corrected chi connectivity index (χ0v) is 15.3. The molecule has 1 amide bonds. The minimum atomic E-state index is -1.03. The second kappa shape index (κ2) is 7.67. The van der Waals surface area contributed by atoms with Crippen molar-refractivity contribution in [3.05, 3.63) is 59.9 Å². The molecule has 1 heterocycles. The topological polar surface area (TPSA) is 59.8 Å². The molecular formula is C19H15F3N4OS. The second-order valence-corrected chi connectivity index (χ2v) is 7.30. The van der Waals surface area contributed by atoms with Gasteiger partial charge in [-0.15, -0.1) is 10.2 Å². The first-order chi connectivity index (χ1) is 13.5. The summed E-state index contributed by atoms with van der Waals surface area (Å²) < 4.78 is 42.2. The molecule has 28 heavy (non-hydrogen) atoms. The van der Waals surface area contributed by atoms with Crippen molar-refractivity contribution in [1.29, 1.82) is 0 Å². The Morgan fingerprint density at radius 2 is 1.86 bits per heavy atom. The SMILES string of the molecule is O=C(CSc1nnc(-c2ccccc2F)n1C1CC1)Nc1ccc(F)c(F)c1. The Labute approximate surface area is 163 Å². The fourth-order valence-corrected chi connectivity index (χ4v) is 3.57. The number of aromatic nitrogens is 3. The molecule has 1 aliphatic rings. The van der Waals surface area contributed by atoms with Crippen molar-refractivity contribution in [2.75, 3.05) is 11.1 Å². The third kappa shape index (κ3) is 3.89. The number of anilines is 1. The molecule has 2 aromatic carbocycles. The molecule has 9 heteroatoms. The summed E-state index contributed by atoms with van der Waals surface area (Å²) in [5, 5.41) is 11.3. The zero-order valence-electron chi connectivity index (χ0n) is 14.5. The minimum absolute atomic E-state index is 0.00111. The van der Waals surface area contributed by atoms with Crippen molar-refractivity contribution < 1.29 is 18.0 Å². The highest BCUT2D eigenvalue weighted by Gasteiger charge is 2.31. The number of nitrogens with one attached hydrogen (secondary N) is 1. The molecule has 0 bridgehead atoms. The number of halogens is 3. The number of carbonyl (C=O) groups excluding carboxylic acids is 1. The molecule has 0 radical (unpaired) electrons. The molecule has 0 unspecified atom stereocenters. The predicted octanol–water partition coefficient (Wildman–Crippen LogP) is 4.43. The number of rotatable bonds is 6. The molecule has 5 nitrogen and oxygen atoms in total. The highest BCUT2D eigenvalue weighted by Crippen LogP contribution is 2.41. The van der Waals surface area contributed by atoms with Crippen LogP contribution >= 0.6 is 11.8 Å². The van der Waals surface area contributed by atoms with Crippen molar-refractivity contribution in [1.82, 2.24) is 14.8 Å². The Balaban J connectivity index is 1.48. The number of hydrogen-bond donors (Lipinski definition) is 1. The fraction of sp³-hybridized carbons (Fsp3) is 0.211. The molecule has 0 aliphatic heterocycles. The van der Waals surface area contributed by atoms with Gasteiger partial charge in [0.1, 0.15) is 5.82 Å². The van der Waals surface area contributed by atoms with Gasteiger partial charge >= 0.3 is 0 Å². The molecule has 0 atom stereocenters. The molecule has 0 spiro atoms. The van der Waals surface area contributed by atoms with E-state index in [0.717, 1.165) is 36.7 Å². The summed E-state index contributed by atoms with van der Waals surface area (Å²) in [4.78, 5) is 12.1. The molecule has 144 valence electrons. The van der Waals surface area contributed by atoms with Crippen molar-refractivity contribution in [2.24, 2.45) is 0 Å². The first-order valence-electron chi connectivity index (χ1n) is 8.60. The van der Waals surface area contributed by atoms with Crippen molar-refractivity contribution in [2.45, 2.75) is 24.0 Å². The lowest BCUT2D eigenvalue weighted by molar-refractivity contribution is -0.113. The van der Waals surface area contributed by atoms with Crippen molar-refractivity contribution >= 4 is 23.4 Å². The van der Waals surface area contributed by atoms with Gasteiger partial charge in [0.2, 0.25) is 5.91 Å². The third-order valence-corrected chi connectivity index (χ3v) is 5.17. The Bertz CT molecular complexity index is 1040. The number of benzene rings is 2. The molecule has 1 saturated carbocycles. The van der Waals surface area contributed by atoms with Gasteiger partial charge in [-0.05, 0) is 37.1 Å². The van der Waals surface area contributed by atoms with E-state index < -0.39 is 17.5 Å². The van der Waals surface area contributed by atoms with E-state index in [-0.39, 0.29) is 23.3 Å². The van der Waals surface area contributed by atoms with Gasteiger partial charge in [-0.2, -0.15) is 0 Å². The van der Waals surface area contributed by atoms with E-state index in [0.29, 0.717) is 16.5 Å². The largest absolute Gasteiger partial charge is 0.325 e. The van der Waals surface area contributed by atoms with Crippen LogP contribution in [0.1, 0.15) is 18.9 Å². The zero-order chi connectivity index (χ0) is 19.7. The summed E-state index contributed by atoms with van der Waals surface area (Å²) >= 11 is 1.16. The molecule has 3 aromatic rings. The summed E-state index contributed by atoms with van der Waals surface area (Å²) in [5.41, 5.74) is 0.528. The standard InChI is InChI=1S/C19H15F3N4OS/c20-14-4-2-1-3-13(14)18-24-25-19(26(18)12-6-7-12)28-10-17(27)23-11-5-8-15(21)16(22)9-11/h1-5,8-9,12H,6-7,10H2,(H,23,27). The van der Waals surface area contributed by atoms with Gasteiger partial charge in [-0.1, -0.05) is 23.9 Å². The van der Waals surface area contributed by atoms with Crippen LogP contribution in [0.2, 0.25) is 0 Å². The number of carbonyl (C=O) groups is 1. The Morgan fingerprint density at radius 1 is 1.07 bits per heavy atom. The van der Waals surface area contributed by atoms with Crippen LogP contribution in [0.5, 0.6) is 0 Å². The summed E-state index contributed by atoms with van der Waals surface area (Å²) in [5.74, 6) is -2.36. The van der Waals surface area contributed by atoms with Crippen LogP contribution in [-0.4, -0.2) is 26.4 Å². The maximum absolute atomic E-state index is 14.2. The lowest BCUT2D eigenvalue weighted by atomic mass is 10.2. The van der Waals surface area contributed by atoms with Crippen LogP contribution in [0.15, 0.2) is 47.6 Å². The lowest BCUT2D eigenvalue weighted by Crippen LogP contribution is -2.15. The number of amides is 1. The summed E-state index contributed by atoms with van der Waals surface area (Å²) in [6.07, 6.45) is 1.88. The lowest BCUT2D eigenvalue weighted by Gasteiger charge is -2.09. The first-order valence-corrected chi connectivity index (χ1v) is 9.59. The Kier molecular flexibility index (Phi) is 5.08. The van der Waals surface area contributed by atoms with E-state index >= 15 is 0 Å². The highest BCUT2D eigenvalue weighted by molar-refractivity contribution is 7.99. The average molecular weight is 404 g/mol. The maximum atomic E-state index is 14.2. The van der Waals surface area contributed by atoms with Gasteiger partial charge in [-0.3, -0.25) is 9.36 Å². The normalized spacial score (nSPS) is 13.5. The van der Waals surface area contributed by atoms with Crippen LogP contribution in [-0.2, 0) is 4.79 Å². The molecular weight excluding hydrogens is 389 g/mol. The van der Waals surface area contributed by atoms with Gasteiger partial charge in [0.05, 0.1) is 11.3 Å². The molecule has 1 aliphatic carbocycles. The summed E-state index contributed by atoms with van der Waals surface area (Å²) in [6.45, 7) is 0. The van der Waals surface area contributed by atoms with Gasteiger partial charge in [0, 0.05) is 17.8 Å². The Hall–Kier alpha value is -2.81. The minimum Gasteiger partial charge on any atom is -0.325 e. The van der Waals surface area contributed by atoms with Crippen molar-refractivity contribution in [3.8, 4) is 11.4 Å². The molecule has 0 saturated heterocycles. The maximum Gasteiger partial charge on any atom is 0.234 e. The van der Waals surface area contributed by atoms with Crippen molar-refractivity contribution in [3.63, 3.8) is 0 Å². The number of thioether (sulfide) groups is 1. The number of hydrogen-bond acceptors (Lipinski definition) is 4. The van der Waals surface area contributed by atoms with Crippen LogP contribution in [0, 0.1) is 17.5 Å². The van der Waals surface area contributed by atoms with Crippen LogP contribution in [0.3, 0.4) is 0 Å². The number of nitrogens with zero attached hydrogens (tertiary/aromatic N) is 3. The van der Waals surface area contributed by atoms with E-state index in [1.54, 1.807) is 18.2 Å². The monoisotopic (exact) mass is 404 g/mol. The second-order valence-electron chi connectivity index (χ2n) is 6.35. The summed E-state index contributed by atoms with van der Waals surface area (Å²) in [6, 6.07) is 9.67. The molecule has 1 fully saturated rings. The molecule has 4 rings (SSSR count). The first kappa shape index (κ1) is 18.5. The average Bonchev–Trinajstić information content (AvgIpc) is 3.43. The van der Waals surface area contributed by atoms with Gasteiger partial charge < -0.3 is 5.32 Å². The molecule has 1 aromatic heterocycles. The van der Waals surface area contributed by atoms with Gasteiger partial charge in [-0.25, -0.2) is 13.2 Å². The predicted molar refractivity (Wildman–Crippen MR) is 99.4 cm³/mol. The third-order valence-electron chi connectivity index (χ3n) is 4.23. The van der Waals surface area contributed by atoms with E-state index in [9.17, 15) is 18.0 Å². The van der Waals surface area contributed by atoms with E-state index in [1.165, 1.54) is 12.1 Å². The van der Waals surface area contributed by atoms with E-state index in [1.807, 2.05) is 4.57 Å². The van der Waals surface area contributed by atoms with Gasteiger partial charge in [0.15, 0.2) is 22.6 Å². The smallest absolute Gasteiger partial charge is 0.234 e. The summed E-state index contributed by atoms with van der Waals surface area (Å²) in [7, 11) is 0. The van der Waals surface area contributed by atoms with E-state index in [4.69, 9.17) is 0 Å². The quantitative estimate of drug-likeness (QED) is 0.618. The van der Waals surface area contributed by atoms with Gasteiger partial charge in [0.25, 0.3) is 0 Å². The highest BCUT2D eigenvalue weighted by atomic mass is 32.2. The molecule has 1 N–H and O–H groups in total. The van der Waals surface area contributed by atoms with Crippen LogP contribution in [0.25, 0.3) is 11.4 Å². The Morgan fingerprint density at radius 3 is 2.57 bits per heavy atom. The van der Waals surface area contributed by atoms with Crippen LogP contribution in [0.4, 0.5) is 18.9 Å². The fourth-order valence-electron chi connectivity index (χ4n) is 2.76. The van der Waals surface area contributed by atoms with E-state index in [2.05, 4.69) is 15.5 Å². The van der Waals surface area contributed by atoms with Crippen LogP contribution < -0.4 is 5.32 Å².